The van der Waals surface area contributed by atoms with Gasteiger partial charge in [-0.1, -0.05) is 0 Å². The average molecular weight is 260 g/mol. The van der Waals surface area contributed by atoms with Crippen molar-refractivity contribution in [2.45, 2.75) is 12.5 Å². The number of likely N-dealkylation sites (tertiary alicyclic amines) is 1. The number of carbonyl (C=O) groups excluding carboxylic acids is 2. The average Bonchev–Trinajstić information content (AvgIpc) is 2.82. The van der Waals surface area contributed by atoms with Crippen LogP contribution in [-0.2, 0) is 18.9 Å². The van der Waals surface area contributed by atoms with Crippen molar-refractivity contribution in [3.63, 3.8) is 0 Å². The fraction of sp³-hybridized carbons (Fsp3) is 0.417. The third kappa shape index (κ3) is 1.86. The second kappa shape index (κ2) is 4.14. The SMILES string of the molecule is Cc1ccnc(B2OC(=O)C3(CN(C)CC3=O)O2)c1. The van der Waals surface area contributed by atoms with E-state index in [-0.39, 0.29) is 18.9 Å². The molecule has 0 N–H and O–H groups in total. The zero-order valence-corrected chi connectivity index (χ0v) is 10.8. The highest BCUT2D eigenvalue weighted by molar-refractivity contribution is 6.64. The van der Waals surface area contributed by atoms with Gasteiger partial charge in [-0.15, -0.1) is 0 Å². The number of pyridine rings is 1. The smallest absolute Gasteiger partial charge is 0.502 e. The molecule has 1 aromatic heterocycles. The summed E-state index contributed by atoms with van der Waals surface area (Å²) in [6.07, 6.45) is 1.62. The maximum Gasteiger partial charge on any atom is 0.585 e. The number of likely N-dealkylation sites (N-methyl/N-ethyl adjacent to an activating group) is 1. The first-order valence-corrected chi connectivity index (χ1v) is 6.04. The van der Waals surface area contributed by atoms with Crippen molar-refractivity contribution in [2.75, 3.05) is 20.1 Å². The summed E-state index contributed by atoms with van der Waals surface area (Å²) in [6.45, 7) is 2.34. The van der Waals surface area contributed by atoms with Crippen LogP contribution in [0.2, 0.25) is 0 Å². The molecule has 0 bridgehead atoms. The van der Waals surface area contributed by atoms with Crippen LogP contribution in [0.25, 0.3) is 0 Å². The molecule has 1 spiro atoms. The quantitative estimate of drug-likeness (QED) is 0.472. The summed E-state index contributed by atoms with van der Waals surface area (Å²) in [5, 5.41) is 0. The second-order valence-corrected chi connectivity index (χ2v) is 5.04. The second-order valence-electron chi connectivity index (χ2n) is 5.04. The highest BCUT2D eigenvalue weighted by Crippen LogP contribution is 2.29. The van der Waals surface area contributed by atoms with Crippen LogP contribution in [0, 0.1) is 6.92 Å². The van der Waals surface area contributed by atoms with Gasteiger partial charge in [0.25, 0.3) is 0 Å². The lowest BCUT2D eigenvalue weighted by molar-refractivity contribution is -0.148. The number of hydrogen-bond acceptors (Lipinski definition) is 6. The van der Waals surface area contributed by atoms with Crippen LogP contribution in [0.15, 0.2) is 18.3 Å². The predicted molar refractivity (Wildman–Crippen MR) is 66.8 cm³/mol. The summed E-state index contributed by atoms with van der Waals surface area (Å²) in [6, 6.07) is 3.62. The van der Waals surface area contributed by atoms with E-state index in [0.29, 0.717) is 5.59 Å². The van der Waals surface area contributed by atoms with Crippen molar-refractivity contribution < 1.29 is 18.9 Å². The minimum absolute atomic E-state index is 0.197. The number of hydrogen-bond donors (Lipinski definition) is 0. The molecule has 1 atom stereocenters. The first-order chi connectivity index (χ1) is 9.01. The zero-order valence-electron chi connectivity index (χ0n) is 10.8. The third-order valence-corrected chi connectivity index (χ3v) is 3.39. The molecule has 19 heavy (non-hydrogen) atoms. The van der Waals surface area contributed by atoms with Crippen LogP contribution in [0.4, 0.5) is 0 Å². The molecular weight excluding hydrogens is 247 g/mol. The molecule has 98 valence electrons. The topological polar surface area (TPSA) is 68.7 Å². The Hall–Kier alpha value is -1.73. The molecule has 2 fully saturated rings. The summed E-state index contributed by atoms with van der Waals surface area (Å²) in [4.78, 5) is 29.8. The van der Waals surface area contributed by atoms with Gasteiger partial charge in [0.15, 0.2) is 5.78 Å². The number of aryl methyl sites for hydroxylation is 1. The van der Waals surface area contributed by atoms with E-state index in [0.717, 1.165) is 5.56 Å². The summed E-state index contributed by atoms with van der Waals surface area (Å²) in [5.41, 5.74) is 0.0261. The van der Waals surface area contributed by atoms with Crippen molar-refractivity contribution in [1.82, 2.24) is 9.88 Å². The fourth-order valence-electron chi connectivity index (χ4n) is 2.43. The number of ketones is 1. The molecule has 1 aromatic rings. The van der Waals surface area contributed by atoms with Crippen molar-refractivity contribution in [2.24, 2.45) is 0 Å². The molecule has 0 amide bonds. The Morgan fingerprint density at radius 3 is 2.89 bits per heavy atom. The van der Waals surface area contributed by atoms with E-state index in [9.17, 15) is 9.59 Å². The lowest BCUT2D eigenvalue weighted by atomic mass is 9.83. The first-order valence-electron chi connectivity index (χ1n) is 6.04. The van der Waals surface area contributed by atoms with Crippen molar-refractivity contribution in [3.05, 3.63) is 23.9 Å². The molecule has 6 nitrogen and oxygen atoms in total. The zero-order chi connectivity index (χ0) is 13.6. The standard InChI is InChI=1S/C12H13BN2O4/c1-8-3-4-14-10(5-8)13-18-11(17)12(19-13)7-15(2)6-9(12)16/h3-5H,6-7H2,1-2H3. The van der Waals surface area contributed by atoms with Gasteiger partial charge in [0.05, 0.1) is 12.1 Å². The largest absolute Gasteiger partial charge is 0.585 e. The summed E-state index contributed by atoms with van der Waals surface area (Å²) >= 11 is 0. The first kappa shape index (κ1) is 12.3. The molecule has 2 aliphatic heterocycles. The Morgan fingerprint density at radius 1 is 1.47 bits per heavy atom. The monoisotopic (exact) mass is 260 g/mol. The van der Waals surface area contributed by atoms with Gasteiger partial charge in [-0.3, -0.25) is 19.5 Å². The normalized spacial score (nSPS) is 27.4. The molecule has 2 aliphatic rings. The lowest BCUT2D eigenvalue weighted by Crippen LogP contribution is -2.46. The van der Waals surface area contributed by atoms with Gasteiger partial charge in [0.1, 0.15) is 0 Å². The number of carbonyl (C=O) groups is 2. The van der Waals surface area contributed by atoms with E-state index in [2.05, 4.69) is 4.98 Å². The maximum atomic E-state index is 12.0. The Balaban J connectivity index is 1.90. The molecule has 0 saturated carbocycles. The van der Waals surface area contributed by atoms with Gasteiger partial charge in [-0.25, -0.2) is 0 Å². The summed E-state index contributed by atoms with van der Waals surface area (Å²) in [7, 11) is 0.865. The summed E-state index contributed by atoms with van der Waals surface area (Å²) < 4.78 is 10.8. The Kier molecular flexibility index (Phi) is 2.69. The number of nitrogens with zero attached hydrogens (tertiary/aromatic N) is 2. The van der Waals surface area contributed by atoms with Crippen LogP contribution in [-0.4, -0.2) is 54.5 Å². The predicted octanol–water partition coefficient (Wildman–Crippen LogP) is -1.09. The molecule has 3 rings (SSSR count). The molecule has 0 aliphatic carbocycles. The van der Waals surface area contributed by atoms with E-state index in [1.165, 1.54) is 0 Å². The van der Waals surface area contributed by atoms with Gasteiger partial charge in [0, 0.05) is 12.7 Å². The number of rotatable bonds is 1. The molecule has 1 unspecified atom stereocenters. The fourth-order valence-corrected chi connectivity index (χ4v) is 2.43. The van der Waals surface area contributed by atoms with Gasteiger partial charge in [-0.05, 0) is 31.7 Å². The number of aromatic nitrogens is 1. The van der Waals surface area contributed by atoms with Crippen LogP contribution >= 0.6 is 0 Å². The van der Waals surface area contributed by atoms with Crippen molar-refractivity contribution in [1.29, 1.82) is 0 Å². The number of Topliss-reactive ketones (excluding diaryl/α,β-unsaturated/α-hetero) is 1. The van der Waals surface area contributed by atoms with E-state index < -0.39 is 18.7 Å². The van der Waals surface area contributed by atoms with Crippen LogP contribution in [0.5, 0.6) is 0 Å². The van der Waals surface area contributed by atoms with Gasteiger partial charge in [-0.2, -0.15) is 0 Å². The molecule has 0 aromatic carbocycles. The molecule has 7 heteroatoms. The van der Waals surface area contributed by atoms with Crippen LogP contribution in [0.1, 0.15) is 5.56 Å². The van der Waals surface area contributed by atoms with E-state index >= 15 is 0 Å². The Labute approximate surface area is 110 Å². The van der Waals surface area contributed by atoms with Gasteiger partial charge >= 0.3 is 13.1 Å². The minimum atomic E-state index is -1.47. The molecule has 3 heterocycles. The maximum absolute atomic E-state index is 12.0. The van der Waals surface area contributed by atoms with E-state index in [4.69, 9.17) is 9.31 Å². The highest BCUT2D eigenvalue weighted by atomic mass is 16.7. The van der Waals surface area contributed by atoms with Crippen LogP contribution < -0.4 is 5.59 Å². The van der Waals surface area contributed by atoms with Gasteiger partial charge in [0.2, 0.25) is 5.60 Å². The highest BCUT2D eigenvalue weighted by Gasteiger charge is 2.61. The van der Waals surface area contributed by atoms with E-state index in [1.807, 2.05) is 13.0 Å². The Bertz CT molecular complexity index is 564. The van der Waals surface area contributed by atoms with Gasteiger partial charge < -0.3 is 9.31 Å². The van der Waals surface area contributed by atoms with E-state index in [1.54, 1.807) is 24.2 Å². The Morgan fingerprint density at radius 2 is 2.26 bits per heavy atom. The lowest BCUT2D eigenvalue weighted by Gasteiger charge is -2.16. The molecular formula is C12H13BN2O4. The molecule has 2 saturated heterocycles. The van der Waals surface area contributed by atoms with Crippen LogP contribution in [0.3, 0.4) is 0 Å². The van der Waals surface area contributed by atoms with Crippen molar-refractivity contribution in [3.8, 4) is 0 Å². The third-order valence-electron chi connectivity index (χ3n) is 3.39. The minimum Gasteiger partial charge on any atom is -0.502 e. The summed E-state index contributed by atoms with van der Waals surface area (Å²) in [5.74, 6) is -0.870. The molecule has 0 radical (unpaired) electrons. The van der Waals surface area contributed by atoms with Crippen molar-refractivity contribution >= 4 is 24.5 Å².